The first-order valence-corrected chi connectivity index (χ1v) is 11.9. The summed E-state index contributed by atoms with van der Waals surface area (Å²) < 4.78 is 31.4. The molecular weight excluding hydrogens is 414 g/mol. The van der Waals surface area contributed by atoms with E-state index in [4.69, 9.17) is 9.52 Å². The maximum absolute atomic E-state index is 12.6. The number of sulfonamides is 1. The first-order chi connectivity index (χ1) is 13.9. The van der Waals surface area contributed by atoms with Crippen LogP contribution in [0.3, 0.4) is 0 Å². The van der Waals surface area contributed by atoms with Crippen molar-refractivity contribution < 1.29 is 12.9 Å². The second-order valence-electron chi connectivity index (χ2n) is 6.82. The van der Waals surface area contributed by atoms with Gasteiger partial charge in [0.2, 0.25) is 10.0 Å². The van der Waals surface area contributed by atoms with Crippen LogP contribution in [-0.4, -0.2) is 80.5 Å². The Morgan fingerprint density at radius 3 is 2.66 bits per heavy atom. The Labute approximate surface area is 175 Å². The third-order valence-electron chi connectivity index (χ3n) is 4.40. The number of piperazine rings is 1. The molecule has 0 aromatic carbocycles. The smallest absolute Gasteiger partial charge is 0.220 e. The van der Waals surface area contributed by atoms with Gasteiger partial charge in [0.1, 0.15) is 12.0 Å². The highest BCUT2D eigenvalue weighted by Crippen LogP contribution is 2.18. The Morgan fingerprint density at radius 1 is 1.31 bits per heavy atom. The summed E-state index contributed by atoms with van der Waals surface area (Å²) in [6, 6.07) is 1.57. The van der Waals surface area contributed by atoms with Crippen LogP contribution in [0.15, 0.2) is 27.2 Å². The third-order valence-corrected chi connectivity index (χ3v) is 7.27. The van der Waals surface area contributed by atoms with E-state index in [1.165, 1.54) is 10.6 Å². The number of hydrogen-bond donors (Lipinski definition) is 1. The van der Waals surface area contributed by atoms with Crippen molar-refractivity contribution in [3.05, 3.63) is 29.1 Å². The fourth-order valence-corrected chi connectivity index (χ4v) is 5.10. The summed E-state index contributed by atoms with van der Waals surface area (Å²) in [7, 11) is 0.511. The van der Waals surface area contributed by atoms with Gasteiger partial charge in [-0.1, -0.05) is 5.16 Å². The van der Waals surface area contributed by atoms with Crippen LogP contribution in [0.1, 0.15) is 18.3 Å². The maximum Gasteiger partial charge on any atom is 0.220 e. The maximum atomic E-state index is 12.6. The number of nitrogens with zero attached hydrogens (tertiary/aromatic N) is 6. The number of aliphatic imine (C=N–C) groups is 1. The lowest BCUT2D eigenvalue weighted by molar-refractivity contribution is 0.259. The molecule has 3 heterocycles. The molecule has 0 saturated carbocycles. The monoisotopic (exact) mass is 441 g/mol. The molecule has 1 N–H and O–H groups in total. The highest BCUT2D eigenvalue weighted by molar-refractivity contribution is 7.88. The molecule has 0 amide bonds. The normalized spacial score (nSPS) is 16.2. The number of hydrogen-bond acceptors (Lipinski definition) is 8. The van der Waals surface area contributed by atoms with Gasteiger partial charge in [0.25, 0.3) is 0 Å². The fraction of sp³-hybridized carbons (Fsp3) is 0.588. The molecule has 3 rings (SSSR count). The van der Waals surface area contributed by atoms with Gasteiger partial charge < -0.3 is 19.6 Å². The molecule has 2 aromatic heterocycles. The molecule has 0 unspecified atom stereocenters. The molecule has 10 nitrogen and oxygen atoms in total. The van der Waals surface area contributed by atoms with E-state index in [2.05, 4.69) is 20.4 Å². The van der Waals surface area contributed by atoms with Crippen LogP contribution in [0.25, 0.3) is 0 Å². The predicted molar refractivity (Wildman–Crippen MR) is 114 cm³/mol. The van der Waals surface area contributed by atoms with Crippen LogP contribution in [0, 0.1) is 0 Å². The largest absolute Gasteiger partial charge is 0.364 e. The number of thiazole rings is 1. The lowest BCUT2D eigenvalue weighted by atomic mass is 10.4. The SMILES string of the molecule is CCNC(=NCc1csc(N(C)C)n1)N1CCN(S(=O)(=O)Cc2ccon2)CC1. The first kappa shape index (κ1) is 21.5. The van der Waals surface area contributed by atoms with Gasteiger partial charge in [-0.15, -0.1) is 11.3 Å². The van der Waals surface area contributed by atoms with E-state index in [0.717, 1.165) is 23.3 Å². The van der Waals surface area contributed by atoms with E-state index >= 15 is 0 Å². The predicted octanol–water partition coefficient (Wildman–Crippen LogP) is 0.810. The summed E-state index contributed by atoms with van der Waals surface area (Å²) in [4.78, 5) is 13.3. The van der Waals surface area contributed by atoms with Gasteiger partial charge in [0, 0.05) is 58.3 Å². The average molecular weight is 442 g/mol. The molecule has 0 aliphatic carbocycles. The third kappa shape index (κ3) is 5.67. The number of rotatable bonds is 7. The topological polar surface area (TPSA) is 107 Å². The van der Waals surface area contributed by atoms with E-state index in [1.54, 1.807) is 17.4 Å². The van der Waals surface area contributed by atoms with Crippen molar-refractivity contribution in [2.75, 3.05) is 51.7 Å². The highest BCUT2D eigenvalue weighted by atomic mass is 32.2. The van der Waals surface area contributed by atoms with E-state index in [-0.39, 0.29) is 5.75 Å². The second kappa shape index (κ2) is 9.55. The van der Waals surface area contributed by atoms with Crippen molar-refractivity contribution in [1.82, 2.24) is 24.7 Å². The molecule has 29 heavy (non-hydrogen) atoms. The number of anilines is 1. The van der Waals surface area contributed by atoms with Crippen molar-refractivity contribution in [3.63, 3.8) is 0 Å². The van der Waals surface area contributed by atoms with Crippen molar-refractivity contribution in [1.29, 1.82) is 0 Å². The van der Waals surface area contributed by atoms with Gasteiger partial charge >= 0.3 is 0 Å². The van der Waals surface area contributed by atoms with Crippen molar-refractivity contribution >= 4 is 32.5 Å². The van der Waals surface area contributed by atoms with Crippen LogP contribution in [0.4, 0.5) is 5.13 Å². The van der Waals surface area contributed by atoms with Crippen LogP contribution in [0.5, 0.6) is 0 Å². The summed E-state index contributed by atoms with van der Waals surface area (Å²) in [5, 5.41) is 9.95. The highest BCUT2D eigenvalue weighted by Gasteiger charge is 2.29. The Bertz CT molecular complexity index is 901. The lowest BCUT2D eigenvalue weighted by Crippen LogP contribution is -2.53. The zero-order chi connectivity index (χ0) is 20.9. The van der Waals surface area contributed by atoms with Crippen LogP contribution < -0.4 is 10.2 Å². The second-order valence-corrected chi connectivity index (χ2v) is 9.62. The summed E-state index contributed by atoms with van der Waals surface area (Å²) in [5.41, 5.74) is 1.34. The first-order valence-electron chi connectivity index (χ1n) is 9.41. The molecule has 0 spiro atoms. The molecule has 1 fully saturated rings. The molecule has 160 valence electrons. The molecule has 2 aromatic rings. The van der Waals surface area contributed by atoms with E-state index in [1.807, 2.05) is 31.3 Å². The van der Waals surface area contributed by atoms with Crippen molar-refractivity contribution in [2.24, 2.45) is 4.99 Å². The van der Waals surface area contributed by atoms with Gasteiger partial charge in [-0.25, -0.2) is 18.4 Å². The number of aromatic nitrogens is 2. The quantitative estimate of drug-likeness (QED) is 0.497. The minimum absolute atomic E-state index is 0.143. The Balaban J connectivity index is 1.60. The van der Waals surface area contributed by atoms with Gasteiger partial charge in [-0.05, 0) is 6.92 Å². The van der Waals surface area contributed by atoms with Crippen LogP contribution in [0.2, 0.25) is 0 Å². The Hall–Kier alpha value is -2.18. The molecule has 1 saturated heterocycles. The molecule has 0 bridgehead atoms. The molecular formula is C17H27N7O3S2. The summed E-state index contributed by atoms with van der Waals surface area (Å²) in [6.45, 7) is 5.20. The lowest BCUT2D eigenvalue weighted by Gasteiger charge is -2.35. The average Bonchev–Trinajstić information content (AvgIpc) is 3.37. The van der Waals surface area contributed by atoms with Gasteiger partial charge in [-0.2, -0.15) is 4.31 Å². The summed E-state index contributed by atoms with van der Waals surface area (Å²) in [5.74, 6) is 0.635. The van der Waals surface area contributed by atoms with Gasteiger partial charge in [0.05, 0.1) is 17.9 Å². The fourth-order valence-electron chi connectivity index (χ4n) is 2.92. The van der Waals surface area contributed by atoms with E-state index < -0.39 is 10.0 Å². The number of guanidine groups is 1. The standard InChI is InChI=1S/C17H27N7O3S2/c1-4-18-16(19-11-15-12-28-17(20-15)22(2)3)23-6-8-24(9-7-23)29(25,26)13-14-5-10-27-21-14/h5,10,12H,4,6-9,11,13H2,1-3H3,(H,18,19). The number of nitrogens with one attached hydrogen (secondary N) is 1. The van der Waals surface area contributed by atoms with Gasteiger partial charge in [0.15, 0.2) is 11.1 Å². The zero-order valence-electron chi connectivity index (χ0n) is 16.9. The minimum atomic E-state index is -3.42. The van der Waals surface area contributed by atoms with Crippen LogP contribution in [-0.2, 0) is 22.3 Å². The molecule has 12 heteroatoms. The molecule has 0 atom stereocenters. The zero-order valence-corrected chi connectivity index (χ0v) is 18.5. The van der Waals surface area contributed by atoms with Crippen molar-refractivity contribution in [2.45, 2.75) is 19.2 Å². The summed E-state index contributed by atoms with van der Waals surface area (Å²) in [6.07, 6.45) is 1.38. The summed E-state index contributed by atoms with van der Waals surface area (Å²) >= 11 is 1.59. The minimum Gasteiger partial charge on any atom is -0.364 e. The Kier molecular flexibility index (Phi) is 7.09. The Morgan fingerprint density at radius 2 is 2.07 bits per heavy atom. The molecule has 1 aliphatic rings. The van der Waals surface area contributed by atoms with E-state index in [9.17, 15) is 8.42 Å². The van der Waals surface area contributed by atoms with Crippen molar-refractivity contribution in [3.8, 4) is 0 Å². The molecule has 0 radical (unpaired) electrons. The van der Waals surface area contributed by atoms with E-state index in [0.29, 0.717) is 38.4 Å². The van der Waals surface area contributed by atoms with Gasteiger partial charge in [-0.3, -0.25) is 0 Å². The molecule has 1 aliphatic heterocycles. The van der Waals surface area contributed by atoms with Crippen LogP contribution >= 0.6 is 11.3 Å².